The van der Waals surface area contributed by atoms with Gasteiger partial charge in [-0.25, -0.2) is 0 Å². The summed E-state index contributed by atoms with van der Waals surface area (Å²) in [5.41, 5.74) is 4.98. The Morgan fingerprint density at radius 1 is 1.38 bits per heavy atom. The van der Waals surface area contributed by atoms with Crippen LogP contribution >= 0.6 is 11.6 Å². The van der Waals surface area contributed by atoms with Crippen molar-refractivity contribution in [1.29, 1.82) is 5.26 Å². The number of primary amides is 1. The van der Waals surface area contributed by atoms with Crippen LogP contribution in [0.15, 0.2) is 24.3 Å². The molecule has 0 aliphatic carbocycles. The van der Waals surface area contributed by atoms with Gasteiger partial charge in [0, 0.05) is 24.7 Å². The van der Waals surface area contributed by atoms with Crippen LogP contribution in [0.2, 0.25) is 5.02 Å². The number of halogens is 1. The maximum Gasteiger partial charge on any atom is 0.239 e. The summed E-state index contributed by atoms with van der Waals surface area (Å²) >= 11 is 5.91. The highest BCUT2D eigenvalue weighted by atomic mass is 35.5. The summed E-state index contributed by atoms with van der Waals surface area (Å²) in [7, 11) is 0. The van der Waals surface area contributed by atoms with Crippen molar-refractivity contribution in [1.82, 2.24) is 4.90 Å². The monoisotopic (exact) mass is 347 g/mol. The largest absolute Gasteiger partial charge is 0.373 e. The molecule has 2 fully saturated rings. The normalized spacial score (nSPS) is 29.4. The number of carbonyl (C=O) groups excluding carboxylic acids is 2. The maximum absolute atomic E-state index is 12.9. The van der Waals surface area contributed by atoms with Gasteiger partial charge in [0.25, 0.3) is 0 Å². The van der Waals surface area contributed by atoms with Crippen LogP contribution in [0.4, 0.5) is 0 Å². The molecule has 126 valence electrons. The average Bonchev–Trinajstić information content (AvgIpc) is 3.23. The zero-order valence-electron chi connectivity index (χ0n) is 13.1. The average molecular weight is 348 g/mol. The van der Waals surface area contributed by atoms with Crippen LogP contribution in [-0.4, -0.2) is 36.4 Å². The molecule has 3 rings (SSSR count). The lowest BCUT2D eigenvalue weighted by molar-refractivity contribution is -0.137. The summed E-state index contributed by atoms with van der Waals surface area (Å²) in [5.74, 6) is -1.09. The Labute approximate surface area is 145 Å². The van der Waals surface area contributed by atoms with Crippen LogP contribution in [0.5, 0.6) is 0 Å². The van der Waals surface area contributed by atoms with Crippen LogP contribution < -0.4 is 5.73 Å². The third-order valence-electron chi connectivity index (χ3n) is 4.87. The second-order valence-electron chi connectivity index (χ2n) is 6.31. The Bertz CT molecular complexity index is 700. The molecular formula is C17H18ClN3O3. The van der Waals surface area contributed by atoms with Crippen molar-refractivity contribution in [3.63, 3.8) is 0 Å². The first kappa shape index (κ1) is 16.7. The van der Waals surface area contributed by atoms with Gasteiger partial charge in [-0.3, -0.25) is 9.59 Å². The lowest BCUT2D eigenvalue weighted by atomic mass is 9.88. The van der Waals surface area contributed by atoms with Gasteiger partial charge in [-0.05, 0) is 30.5 Å². The number of likely N-dealkylation sites (tertiary alicyclic amines) is 1. The number of hydrogen-bond donors (Lipinski definition) is 1. The van der Waals surface area contributed by atoms with Crippen molar-refractivity contribution in [2.45, 2.75) is 18.9 Å². The second-order valence-corrected chi connectivity index (χ2v) is 6.74. The van der Waals surface area contributed by atoms with Gasteiger partial charge in [-0.15, -0.1) is 0 Å². The summed E-state index contributed by atoms with van der Waals surface area (Å²) in [5, 5.41) is 9.91. The minimum Gasteiger partial charge on any atom is -0.373 e. The smallest absolute Gasteiger partial charge is 0.239 e. The van der Waals surface area contributed by atoms with Gasteiger partial charge in [0.15, 0.2) is 5.41 Å². The van der Waals surface area contributed by atoms with Gasteiger partial charge in [-0.1, -0.05) is 23.7 Å². The van der Waals surface area contributed by atoms with E-state index in [1.165, 1.54) is 0 Å². The fourth-order valence-corrected chi connectivity index (χ4v) is 3.53. The Balaban J connectivity index is 1.76. The third-order valence-corrected chi connectivity index (χ3v) is 5.13. The maximum atomic E-state index is 12.9. The van der Waals surface area contributed by atoms with Crippen molar-refractivity contribution in [3.8, 4) is 6.07 Å². The molecule has 0 bridgehead atoms. The van der Waals surface area contributed by atoms with Crippen molar-refractivity contribution >= 4 is 23.4 Å². The molecule has 7 heteroatoms. The van der Waals surface area contributed by atoms with Gasteiger partial charge in [0.2, 0.25) is 11.8 Å². The van der Waals surface area contributed by atoms with E-state index in [1.807, 2.05) is 18.2 Å². The highest BCUT2D eigenvalue weighted by Crippen LogP contribution is 2.38. The second kappa shape index (κ2) is 6.42. The number of nitriles is 1. The first-order valence-corrected chi connectivity index (χ1v) is 8.22. The zero-order valence-corrected chi connectivity index (χ0v) is 13.8. The van der Waals surface area contributed by atoms with Crippen molar-refractivity contribution in [2.75, 3.05) is 19.7 Å². The number of nitrogens with zero attached hydrogens (tertiary/aromatic N) is 2. The van der Waals surface area contributed by atoms with Crippen LogP contribution in [-0.2, 0) is 14.3 Å². The Morgan fingerprint density at radius 3 is 2.67 bits per heavy atom. The summed E-state index contributed by atoms with van der Waals surface area (Å²) in [4.78, 5) is 26.0. The molecule has 6 nitrogen and oxygen atoms in total. The molecule has 0 spiro atoms. The zero-order chi connectivity index (χ0) is 17.3. The van der Waals surface area contributed by atoms with E-state index < -0.39 is 11.3 Å². The third kappa shape index (κ3) is 2.85. The molecule has 1 aromatic carbocycles. The molecule has 1 unspecified atom stereocenters. The van der Waals surface area contributed by atoms with Crippen LogP contribution in [0.3, 0.4) is 0 Å². The molecular weight excluding hydrogens is 330 g/mol. The van der Waals surface area contributed by atoms with Crippen molar-refractivity contribution in [2.24, 2.45) is 17.1 Å². The topological polar surface area (TPSA) is 96.4 Å². The van der Waals surface area contributed by atoms with Crippen LogP contribution in [0.25, 0.3) is 0 Å². The number of hydrogen-bond acceptors (Lipinski definition) is 4. The summed E-state index contributed by atoms with van der Waals surface area (Å²) in [6, 6.07) is 9.23. The summed E-state index contributed by atoms with van der Waals surface area (Å²) < 4.78 is 5.75. The molecule has 2 aliphatic heterocycles. The van der Waals surface area contributed by atoms with Crippen LogP contribution in [0, 0.1) is 22.7 Å². The Hall–Kier alpha value is -2.10. The Morgan fingerprint density at radius 2 is 2.08 bits per heavy atom. The minimum atomic E-state index is -1.27. The first-order chi connectivity index (χ1) is 11.5. The summed E-state index contributed by atoms with van der Waals surface area (Å²) in [6.45, 7) is 0.914. The highest BCUT2D eigenvalue weighted by Gasteiger charge is 2.48. The first-order valence-electron chi connectivity index (χ1n) is 7.84. The molecule has 2 saturated heterocycles. The molecule has 0 aromatic heterocycles. The summed E-state index contributed by atoms with van der Waals surface area (Å²) in [6.07, 6.45) is 0.558. The van der Waals surface area contributed by atoms with Gasteiger partial charge in [-0.2, -0.15) is 5.26 Å². The molecule has 2 heterocycles. The van der Waals surface area contributed by atoms with E-state index in [9.17, 15) is 14.9 Å². The highest BCUT2D eigenvalue weighted by molar-refractivity contribution is 6.30. The molecule has 24 heavy (non-hydrogen) atoms. The van der Waals surface area contributed by atoms with Gasteiger partial charge in [0.05, 0.1) is 18.1 Å². The molecule has 1 aromatic rings. The minimum absolute atomic E-state index is 0.0570. The lowest BCUT2D eigenvalue weighted by Gasteiger charge is -2.25. The molecule has 2 aliphatic rings. The van der Waals surface area contributed by atoms with E-state index in [-0.39, 0.29) is 30.9 Å². The van der Waals surface area contributed by atoms with Gasteiger partial charge in [0.1, 0.15) is 0 Å². The Kier molecular flexibility index (Phi) is 4.48. The number of ether oxygens (including phenoxy) is 1. The van der Waals surface area contributed by atoms with E-state index in [0.29, 0.717) is 24.6 Å². The van der Waals surface area contributed by atoms with Gasteiger partial charge < -0.3 is 15.4 Å². The number of nitrogens with two attached hydrogens (primary N) is 1. The van der Waals surface area contributed by atoms with E-state index in [0.717, 1.165) is 5.56 Å². The number of amides is 2. The van der Waals surface area contributed by atoms with E-state index in [2.05, 4.69) is 0 Å². The molecule has 3 atom stereocenters. The standard InChI is InChI=1S/C17H18ClN3O3/c18-12-3-1-11(2-4-12)14-13(5-8-24-14)15(22)21-7-6-17(9-19,10-21)16(20)23/h1-4,13-14H,5-8,10H2,(H2,20,23)/t13-,14+,17?/m1/s1. The molecule has 0 saturated carbocycles. The molecule has 0 radical (unpaired) electrons. The predicted molar refractivity (Wildman–Crippen MR) is 86.7 cm³/mol. The van der Waals surface area contributed by atoms with Crippen molar-refractivity contribution in [3.05, 3.63) is 34.9 Å². The molecule has 2 amide bonds. The SMILES string of the molecule is N#CC1(C(N)=O)CCN(C(=O)[C@@H]2CCO[C@H]2c2ccc(Cl)cc2)C1. The van der Waals surface area contributed by atoms with E-state index >= 15 is 0 Å². The number of benzene rings is 1. The predicted octanol–water partition coefficient (Wildman–Crippen LogP) is 1.65. The fourth-order valence-electron chi connectivity index (χ4n) is 3.40. The lowest BCUT2D eigenvalue weighted by Crippen LogP contribution is -2.41. The van der Waals surface area contributed by atoms with Gasteiger partial charge >= 0.3 is 0 Å². The van der Waals surface area contributed by atoms with Crippen molar-refractivity contribution < 1.29 is 14.3 Å². The number of rotatable bonds is 3. The van der Waals surface area contributed by atoms with Crippen LogP contribution in [0.1, 0.15) is 24.5 Å². The number of carbonyl (C=O) groups is 2. The quantitative estimate of drug-likeness (QED) is 0.899. The fraction of sp³-hybridized carbons (Fsp3) is 0.471. The van der Waals surface area contributed by atoms with E-state index in [1.54, 1.807) is 17.0 Å². The molecule has 2 N–H and O–H groups in total. The van der Waals surface area contributed by atoms with E-state index in [4.69, 9.17) is 22.1 Å².